The summed E-state index contributed by atoms with van der Waals surface area (Å²) in [4.78, 5) is 12.0. The average molecular weight is 334 g/mol. The molecule has 0 unspecified atom stereocenters. The fourth-order valence-corrected chi connectivity index (χ4v) is 2.38. The first-order valence-corrected chi connectivity index (χ1v) is 6.63. The summed E-state index contributed by atoms with van der Waals surface area (Å²) >= 11 is 3.43. The molecule has 1 aromatic rings. The van der Waals surface area contributed by atoms with Crippen molar-refractivity contribution in [1.82, 2.24) is 5.32 Å². The van der Waals surface area contributed by atoms with E-state index in [1.165, 1.54) is 6.42 Å². The van der Waals surface area contributed by atoms with Crippen LogP contribution in [0.15, 0.2) is 22.7 Å². The van der Waals surface area contributed by atoms with E-state index < -0.39 is 0 Å². The van der Waals surface area contributed by atoms with Crippen molar-refractivity contribution in [1.29, 1.82) is 0 Å². The largest absolute Gasteiger partial charge is 0.350 e. The van der Waals surface area contributed by atoms with Crippen LogP contribution in [0.1, 0.15) is 35.2 Å². The van der Waals surface area contributed by atoms with E-state index in [-0.39, 0.29) is 23.9 Å². The highest BCUT2D eigenvalue weighted by Crippen LogP contribution is 2.28. The number of nitrogens with one attached hydrogen (secondary N) is 1. The van der Waals surface area contributed by atoms with Gasteiger partial charge in [0.25, 0.3) is 5.91 Å². The van der Waals surface area contributed by atoms with E-state index in [4.69, 9.17) is 5.73 Å². The molecule has 0 aliphatic heterocycles. The van der Waals surface area contributed by atoms with Crippen LogP contribution in [-0.4, -0.2) is 18.0 Å². The summed E-state index contributed by atoms with van der Waals surface area (Å²) in [6.45, 7) is 2.50. The van der Waals surface area contributed by atoms with E-state index >= 15 is 0 Å². The fraction of sp³-hybridized carbons (Fsp3) is 0.462. The third kappa shape index (κ3) is 3.25. The van der Waals surface area contributed by atoms with Gasteiger partial charge in [0.1, 0.15) is 0 Å². The van der Waals surface area contributed by atoms with Gasteiger partial charge in [0.2, 0.25) is 0 Å². The van der Waals surface area contributed by atoms with E-state index in [9.17, 15) is 4.79 Å². The molecule has 1 aliphatic rings. The smallest absolute Gasteiger partial charge is 0.251 e. The average Bonchev–Trinajstić information content (AvgIpc) is 2.27. The molecule has 0 spiro atoms. The van der Waals surface area contributed by atoms with Crippen LogP contribution >= 0.6 is 28.3 Å². The molecule has 0 aromatic heterocycles. The number of carbonyl (C=O) groups excluding carboxylic acids is 1. The van der Waals surface area contributed by atoms with Crippen LogP contribution in [0.3, 0.4) is 0 Å². The highest BCUT2D eigenvalue weighted by Gasteiger charge is 2.32. The van der Waals surface area contributed by atoms with E-state index in [0.717, 1.165) is 22.9 Å². The van der Waals surface area contributed by atoms with Gasteiger partial charge >= 0.3 is 0 Å². The third-order valence-electron chi connectivity index (χ3n) is 3.46. The number of hydrogen-bond donors (Lipinski definition) is 2. The molecule has 1 amide bonds. The van der Waals surface area contributed by atoms with Gasteiger partial charge in [-0.15, -0.1) is 12.4 Å². The molecular weight excluding hydrogens is 316 g/mol. The fourth-order valence-electron chi connectivity index (χ4n) is 2.01. The summed E-state index contributed by atoms with van der Waals surface area (Å²) in [5, 5.41) is 2.92. The van der Waals surface area contributed by atoms with Gasteiger partial charge in [-0.3, -0.25) is 4.79 Å². The molecule has 1 saturated carbocycles. The number of nitrogens with two attached hydrogens (primary N) is 1. The number of rotatable bonds is 3. The van der Waals surface area contributed by atoms with Crippen LogP contribution in [0.25, 0.3) is 0 Å². The van der Waals surface area contributed by atoms with Crippen LogP contribution in [0.4, 0.5) is 0 Å². The Hall–Kier alpha value is -0.580. The number of hydrogen-bond acceptors (Lipinski definition) is 2. The van der Waals surface area contributed by atoms with Gasteiger partial charge in [0.05, 0.1) is 0 Å². The van der Waals surface area contributed by atoms with Crippen LogP contribution < -0.4 is 11.1 Å². The number of carbonyl (C=O) groups is 1. The molecule has 1 aliphatic carbocycles. The zero-order valence-electron chi connectivity index (χ0n) is 10.3. The van der Waals surface area contributed by atoms with Crippen molar-refractivity contribution in [3.63, 3.8) is 0 Å². The number of halogens is 2. The lowest BCUT2D eigenvalue weighted by Crippen LogP contribution is -2.55. The Morgan fingerprint density at radius 3 is 2.72 bits per heavy atom. The standard InChI is InChI=1S/C13H17BrN2O.ClH/c1-9-10(4-2-5-11(9)14)12(17)16-8-13(15)6-3-7-13;/h2,4-5H,3,6-8,15H2,1H3,(H,16,17);1H. The van der Waals surface area contributed by atoms with E-state index in [1.54, 1.807) is 0 Å². The molecule has 100 valence electrons. The topological polar surface area (TPSA) is 55.1 Å². The number of benzene rings is 1. The zero-order chi connectivity index (χ0) is 12.5. The summed E-state index contributed by atoms with van der Waals surface area (Å²) < 4.78 is 0.955. The highest BCUT2D eigenvalue weighted by molar-refractivity contribution is 9.10. The molecule has 0 atom stereocenters. The Balaban J connectivity index is 0.00000162. The molecule has 18 heavy (non-hydrogen) atoms. The number of amides is 1. The predicted octanol–water partition coefficient (Wildman–Crippen LogP) is 2.79. The molecule has 1 fully saturated rings. The van der Waals surface area contributed by atoms with Crippen molar-refractivity contribution in [2.75, 3.05) is 6.54 Å². The predicted molar refractivity (Wildman–Crippen MR) is 79.2 cm³/mol. The lowest BCUT2D eigenvalue weighted by atomic mass is 9.78. The first kappa shape index (κ1) is 15.5. The summed E-state index contributed by atoms with van der Waals surface area (Å²) in [7, 11) is 0. The maximum absolute atomic E-state index is 12.0. The molecule has 2 rings (SSSR count). The van der Waals surface area contributed by atoms with E-state index in [1.807, 2.05) is 25.1 Å². The van der Waals surface area contributed by atoms with Gasteiger partial charge in [-0.05, 0) is 43.9 Å². The van der Waals surface area contributed by atoms with Gasteiger partial charge in [-0.2, -0.15) is 0 Å². The molecule has 0 radical (unpaired) electrons. The Labute approximate surface area is 122 Å². The van der Waals surface area contributed by atoms with Gasteiger partial charge < -0.3 is 11.1 Å². The van der Waals surface area contributed by atoms with E-state index in [2.05, 4.69) is 21.2 Å². The monoisotopic (exact) mass is 332 g/mol. The second kappa shape index (κ2) is 6.04. The lowest BCUT2D eigenvalue weighted by molar-refractivity contribution is 0.0929. The Morgan fingerprint density at radius 1 is 1.50 bits per heavy atom. The molecular formula is C13H18BrClN2O. The summed E-state index contributed by atoms with van der Waals surface area (Å²) in [5.41, 5.74) is 7.58. The van der Waals surface area contributed by atoms with Crippen molar-refractivity contribution in [2.24, 2.45) is 5.73 Å². The maximum atomic E-state index is 12.0. The second-order valence-corrected chi connectivity index (χ2v) is 5.67. The molecule has 3 nitrogen and oxygen atoms in total. The van der Waals surface area contributed by atoms with Crippen LogP contribution in [0.5, 0.6) is 0 Å². The molecule has 5 heteroatoms. The highest BCUT2D eigenvalue weighted by atomic mass is 79.9. The van der Waals surface area contributed by atoms with Gasteiger partial charge in [-0.25, -0.2) is 0 Å². The first-order chi connectivity index (χ1) is 8.02. The first-order valence-electron chi connectivity index (χ1n) is 5.84. The Kier molecular flexibility index (Phi) is 5.20. The molecule has 3 N–H and O–H groups in total. The summed E-state index contributed by atoms with van der Waals surface area (Å²) in [6.07, 6.45) is 3.18. The van der Waals surface area contributed by atoms with Crippen molar-refractivity contribution in [2.45, 2.75) is 31.7 Å². The second-order valence-electron chi connectivity index (χ2n) is 4.81. The Bertz CT molecular complexity index is 447. The van der Waals surface area contributed by atoms with Crippen LogP contribution in [-0.2, 0) is 0 Å². The van der Waals surface area contributed by atoms with Crippen molar-refractivity contribution < 1.29 is 4.79 Å². The minimum atomic E-state index is -0.171. The molecule has 0 heterocycles. The zero-order valence-corrected chi connectivity index (χ0v) is 12.7. The minimum Gasteiger partial charge on any atom is -0.350 e. The van der Waals surface area contributed by atoms with Crippen LogP contribution in [0.2, 0.25) is 0 Å². The van der Waals surface area contributed by atoms with Crippen LogP contribution in [0, 0.1) is 6.92 Å². The maximum Gasteiger partial charge on any atom is 0.251 e. The van der Waals surface area contributed by atoms with E-state index in [0.29, 0.717) is 12.1 Å². The summed E-state index contributed by atoms with van der Waals surface area (Å²) in [5.74, 6) is -0.0412. The molecule has 0 bridgehead atoms. The Morgan fingerprint density at radius 2 is 2.17 bits per heavy atom. The van der Waals surface area contributed by atoms with Crippen molar-refractivity contribution in [3.8, 4) is 0 Å². The normalized spacial score (nSPS) is 16.4. The SMILES string of the molecule is Cc1c(Br)cccc1C(=O)NCC1(N)CCC1.Cl. The van der Waals surface area contributed by atoms with Gasteiger partial charge in [0.15, 0.2) is 0 Å². The van der Waals surface area contributed by atoms with Gasteiger partial charge in [0, 0.05) is 22.1 Å². The third-order valence-corrected chi connectivity index (χ3v) is 4.32. The van der Waals surface area contributed by atoms with Crippen molar-refractivity contribution >= 4 is 34.2 Å². The molecule has 1 aromatic carbocycles. The quantitative estimate of drug-likeness (QED) is 0.893. The minimum absolute atomic E-state index is 0. The summed E-state index contributed by atoms with van der Waals surface area (Å²) in [6, 6.07) is 5.63. The lowest BCUT2D eigenvalue weighted by Gasteiger charge is -2.38. The van der Waals surface area contributed by atoms with Crippen molar-refractivity contribution in [3.05, 3.63) is 33.8 Å². The molecule has 0 saturated heterocycles. The van der Waals surface area contributed by atoms with Gasteiger partial charge in [-0.1, -0.05) is 22.0 Å².